The van der Waals surface area contributed by atoms with Crippen molar-refractivity contribution in [1.82, 2.24) is 4.90 Å². The first-order chi connectivity index (χ1) is 16.1. The Morgan fingerprint density at radius 2 is 1.53 bits per heavy atom. The molecule has 4 rings (SSSR count). The molecule has 1 saturated heterocycles. The Morgan fingerprint density at radius 1 is 1.00 bits per heavy atom. The highest BCUT2D eigenvalue weighted by Crippen LogP contribution is 2.36. The van der Waals surface area contributed by atoms with Crippen molar-refractivity contribution in [2.75, 3.05) is 23.6 Å². The molecule has 1 fully saturated rings. The first-order valence-corrected chi connectivity index (χ1v) is 13.6. The number of nitrogens with one attached hydrogen (secondary N) is 1. The van der Waals surface area contributed by atoms with Crippen LogP contribution in [0.15, 0.2) is 75.7 Å². The molecule has 0 aliphatic carbocycles. The van der Waals surface area contributed by atoms with Crippen LogP contribution in [0.25, 0.3) is 0 Å². The van der Waals surface area contributed by atoms with Crippen molar-refractivity contribution in [3.8, 4) is 0 Å². The van der Waals surface area contributed by atoms with Gasteiger partial charge in [-0.25, -0.2) is 17.6 Å². The predicted octanol–water partition coefficient (Wildman–Crippen LogP) is 5.51. The topological polar surface area (TPSA) is 86.7 Å². The Morgan fingerprint density at radius 3 is 2.03 bits per heavy atom. The molecule has 10 heteroatoms. The van der Waals surface area contributed by atoms with E-state index in [2.05, 4.69) is 41.5 Å². The van der Waals surface area contributed by atoms with Crippen LogP contribution in [0.2, 0.25) is 0 Å². The van der Waals surface area contributed by atoms with Gasteiger partial charge in [-0.1, -0.05) is 56.1 Å². The Balaban J connectivity index is 1.46. The number of benzene rings is 3. The molecule has 3 aromatic carbocycles. The second-order valence-corrected chi connectivity index (χ2v) is 11.8. The van der Waals surface area contributed by atoms with Gasteiger partial charge in [0.05, 0.1) is 23.0 Å². The fourth-order valence-corrected chi connectivity index (χ4v) is 6.05. The average molecular weight is 612 g/mol. The third kappa shape index (κ3) is 6.04. The van der Waals surface area contributed by atoms with Crippen LogP contribution >= 0.6 is 31.9 Å². The summed E-state index contributed by atoms with van der Waals surface area (Å²) in [6.07, 6.45) is 0. The lowest BCUT2D eigenvalue weighted by atomic mass is 9.91. The molecule has 1 aliphatic rings. The van der Waals surface area contributed by atoms with Crippen molar-refractivity contribution < 1.29 is 22.7 Å². The number of anilines is 1. The molecule has 0 unspecified atom stereocenters. The average Bonchev–Trinajstić information content (AvgIpc) is 2.73. The lowest BCUT2D eigenvalue weighted by molar-refractivity contribution is 0.0696. The maximum absolute atomic E-state index is 13.7. The summed E-state index contributed by atoms with van der Waals surface area (Å²) in [6, 6.07) is 19.0. The van der Waals surface area contributed by atoms with Gasteiger partial charge < -0.3 is 5.11 Å². The summed E-state index contributed by atoms with van der Waals surface area (Å²) in [5, 5.41) is 9.07. The number of hydrogen-bond acceptors (Lipinski definition) is 4. The monoisotopic (exact) mass is 610 g/mol. The van der Waals surface area contributed by atoms with Crippen LogP contribution in [0.1, 0.15) is 27.5 Å². The van der Waals surface area contributed by atoms with Gasteiger partial charge in [0.2, 0.25) is 10.0 Å². The lowest BCUT2D eigenvalue weighted by Gasteiger charge is -2.44. The van der Waals surface area contributed by atoms with Gasteiger partial charge in [-0.05, 0) is 53.6 Å². The van der Waals surface area contributed by atoms with E-state index in [0.29, 0.717) is 13.1 Å². The van der Waals surface area contributed by atoms with Crippen LogP contribution in [0.4, 0.5) is 10.1 Å². The predicted molar refractivity (Wildman–Crippen MR) is 136 cm³/mol. The molecule has 2 N–H and O–H groups in total. The van der Waals surface area contributed by atoms with Gasteiger partial charge in [0, 0.05) is 28.0 Å². The van der Waals surface area contributed by atoms with Gasteiger partial charge in [-0.15, -0.1) is 0 Å². The van der Waals surface area contributed by atoms with E-state index in [1.807, 2.05) is 48.5 Å². The standard InChI is InChI=1S/C24H21Br2FN2O4S/c25-19-5-1-16(2-6-19)23(17-3-7-20(26)8-4-17)29-12-15(13-29)14-34(32,33)28-22-10-18(24(30)31)9-21(27)11-22/h1-11,15,23,28H,12-14H2,(H,30,31). The van der Waals surface area contributed by atoms with Gasteiger partial charge in [0.25, 0.3) is 0 Å². The van der Waals surface area contributed by atoms with Crippen LogP contribution in [0.5, 0.6) is 0 Å². The molecule has 34 heavy (non-hydrogen) atoms. The minimum atomic E-state index is -3.79. The van der Waals surface area contributed by atoms with Gasteiger partial charge in [-0.2, -0.15) is 0 Å². The second-order valence-electron chi connectivity index (χ2n) is 8.24. The molecule has 0 radical (unpaired) electrons. The summed E-state index contributed by atoms with van der Waals surface area (Å²) in [5.74, 6) is -2.41. The van der Waals surface area contributed by atoms with Gasteiger partial charge in [0.1, 0.15) is 5.82 Å². The zero-order valence-corrected chi connectivity index (χ0v) is 21.8. The summed E-state index contributed by atoms with van der Waals surface area (Å²) in [4.78, 5) is 13.3. The number of carboxylic acid groups (broad SMARTS) is 1. The number of nitrogens with zero attached hydrogens (tertiary/aromatic N) is 1. The Bertz CT molecular complexity index is 1250. The number of sulfonamides is 1. The lowest BCUT2D eigenvalue weighted by Crippen LogP contribution is -2.51. The van der Waals surface area contributed by atoms with Crippen molar-refractivity contribution in [1.29, 1.82) is 0 Å². The summed E-state index contributed by atoms with van der Waals surface area (Å²) >= 11 is 6.93. The van der Waals surface area contributed by atoms with E-state index in [0.717, 1.165) is 38.3 Å². The summed E-state index contributed by atoms with van der Waals surface area (Å²) in [6.45, 7) is 1.14. The number of carboxylic acids is 1. The van der Waals surface area contributed by atoms with E-state index in [1.165, 1.54) is 0 Å². The Kier molecular flexibility index (Phi) is 7.42. The number of carbonyl (C=O) groups is 1. The minimum Gasteiger partial charge on any atom is -0.478 e. The van der Waals surface area contributed by atoms with E-state index in [1.54, 1.807) is 0 Å². The quantitative estimate of drug-likeness (QED) is 0.351. The van der Waals surface area contributed by atoms with Crippen LogP contribution in [-0.4, -0.2) is 43.2 Å². The van der Waals surface area contributed by atoms with E-state index in [-0.39, 0.29) is 29.0 Å². The normalized spacial score (nSPS) is 14.7. The van der Waals surface area contributed by atoms with Crippen LogP contribution in [0.3, 0.4) is 0 Å². The third-order valence-electron chi connectivity index (χ3n) is 5.60. The van der Waals surface area contributed by atoms with Crippen molar-refractivity contribution >= 4 is 53.5 Å². The smallest absolute Gasteiger partial charge is 0.335 e. The van der Waals surface area contributed by atoms with Crippen molar-refractivity contribution in [3.63, 3.8) is 0 Å². The van der Waals surface area contributed by atoms with Gasteiger partial charge in [-0.3, -0.25) is 9.62 Å². The summed E-state index contributed by atoms with van der Waals surface area (Å²) < 4.78 is 43.3. The molecule has 178 valence electrons. The van der Waals surface area contributed by atoms with Crippen LogP contribution < -0.4 is 4.72 Å². The van der Waals surface area contributed by atoms with E-state index >= 15 is 0 Å². The molecule has 0 aromatic heterocycles. The fraction of sp³-hybridized carbons (Fsp3) is 0.208. The molecule has 0 amide bonds. The molecular weight excluding hydrogens is 591 g/mol. The first kappa shape index (κ1) is 24.8. The van der Waals surface area contributed by atoms with E-state index in [9.17, 15) is 17.6 Å². The molecule has 0 bridgehead atoms. The van der Waals surface area contributed by atoms with E-state index < -0.39 is 21.8 Å². The number of likely N-dealkylation sites (tertiary alicyclic amines) is 1. The SMILES string of the molecule is O=C(O)c1cc(F)cc(NS(=O)(=O)CC2CN(C(c3ccc(Br)cc3)c3ccc(Br)cc3)C2)c1. The molecule has 6 nitrogen and oxygen atoms in total. The highest BCUT2D eigenvalue weighted by atomic mass is 79.9. The third-order valence-corrected chi connectivity index (χ3v) is 8.11. The molecule has 1 aliphatic heterocycles. The Labute approximate surface area is 214 Å². The first-order valence-electron chi connectivity index (χ1n) is 10.4. The minimum absolute atomic E-state index is 0.0190. The van der Waals surface area contributed by atoms with Crippen molar-refractivity contribution in [2.24, 2.45) is 5.92 Å². The second kappa shape index (κ2) is 10.2. The zero-order chi connectivity index (χ0) is 24.5. The van der Waals surface area contributed by atoms with Crippen molar-refractivity contribution in [2.45, 2.75) is 6.04 Å². The van der Waals surface area contributed by atoms with Gasteiger partial charge in [0.15, 0.2) is 0 Å². The number of rotatable bonds is 8. The van der Waals surface area contributed by atoms with E-state index in [4.69, 9.17) is 5.11 Å². The molecule has 0 atom stereocenters. The number of halogens is 3. The Hall–Kier alpha value is -2.27. The molecular formula is C24H21Br2FN2O4S. The fourth-order valence-electron chi connectivity index (χ4n) is 4.13. The van der Waals surface area contributed by atoms with Crippen LogP contribution in [-0.2, 0) is 10.0 Å². The molecule has 0 spiro atoms. The molecule has 0 saturated carbocycles. The maximum atomic E-state index is 13.7. The molecule has 1 heterocycles. The zero-order valence-electron chi connectivity index (χ0n) is 17.8. The van der Waals surface area contributed by atoms with Gasteiger partial charge >= 0.3 is 5.97 Å². The summed E-state index contributed by atoms with van der Waals surface area (Å²) in [5.41, 5.74) is 1.78. The molecule has 3 aromatic rings. The maximum Gasteiger partial charge on any atom is 0.335 e. The number of aromatic carboxylic acids is 1. The summed E-state index contributed by atoms with van der Waals surface area (Å²) in [7, 11) is -3.79. The highest BCUT2D eigenvalue weighted by Gasteiger charge is 2.36. The number of hydrogen-bond donors (Lipinski definition) is 2. The van der Waals surface area contributed by atoms with Crippen LogP contribution in [0, 0.1) is 11.7 Å². The van der Waals surface area contributed by atoms with Crippen molar-refractivity contribution in [3.05, 3.63) is 98.2 Å². The largest absolute Gasteiger partial charge is 0.478 e. The highest BCUT2D eigenvalue weighted by molar-refractivity contribution is 9.10.